The summed E-state index contributed by atoms with van der Waals surface area (Å²) in [6, 6.07) is 6.81. The van der Waals surface area contributed by atoms with E-state index in [2.05, 4.69) is 0 Å². The van der Waals surface area contributed by atoms with Gasteiger partial charge < -0.3 is 5.11 Å². The fourth-order valence-corrected chi connectivity index (χ4v) is 3.64. The zero-order chi connectivity index (χ0) is 13.9. The molecule has 1 aliphatic rings. The molecule has 1 heterocycles. The Hall–Kier alpha value is -1.82. The zero-order valence-corrected chi connectivity index (χ0v) is 11.1. The molecule has 0 radical (unpaired) electrons. The summed E-state index contributed by atoms with van der Waals surface area (Å²) >= 11 is 0. The summed E-state index contributed by atoms with van der Waals surface area (Å²) in [5.41, 5.74) is 1.35. The second-order valence-electron chi connectivity index (χ2n) is 4.36. The van der Waals surface area contributed by atoms with Crippen molar-refractivity contribution < 1.29 is 18.3 Å². The van der Waals surface area contributed by atoms with Crippen molar-refractivity contribution in [3.8, 4) is 0 Å². The van der Waals surface area contributed by atoms with Gasteiger partial charge in [0.1, 0.15) is 0 Å². The average Bonchev–Trinajstić information content (AvgIpc) is 2.37. The first kappa shape index (κ1) is 13.6. The molecule has 2 rings (SSSR count). The van der Waals surface area contributed by atoms with E-state index in [-0.39, 0.29) is 5.75 Å². The molecule has 0 aromatic heterocycles. The highest BCUT2D eigenvalue weighted by Crippen LogP contribution is 2.23. The molecule has 19 heavy (non-hydrogen) atoms. The lowest BCUT2D eigenvalue weighted by Crippen LogP contribution is -2.37. The van der Waals surface area contributed by atoms with Gasteiger partial charge in [-0.05, 0) is 36.6 Å². The van der Waals surface area contributed by atoms with Crippen molar-refractivity contribution in [2.45, 2.75) is 12.8 Å². The number of anilines is 1. The Morgan fingerprint density at radius 2 is 1.89 bits per heavy atom. The molecule has 1 saturated heterocycles. The molecule has 1 aromatic carbocycles. The van der Waals surface area contributed by atoms with Crippen molar-refractivity contribution in [3.63, 3.8) is 0 Å². The van der Waals surface area contributed by atoms with Crippen LogP contribution in [-0.2, 0) is 14.8 Å². The van der Waals surface area contributed by atoms with Crippen LogP contribution in [0.2, 0.25) is 0 Å². The van der Waals surface area contributed by atoms with Crippen molar-refractivity contribution in [2.75, 3.05) is 16.6 Å². The molecular weight excluding hydrogens is 266 g/mol. The van der Waals surface area contributed by atoms with Crippen LogP contribution in [0.15, 0.2) is 30.3 Å². The molecule has 1 fully saturated rings. The largest absolute Gasteiger partial charge is 0.478 e. The molecule has 0 aliphatic carbocycles. The molecule has 0 bridgehead atoms. The van der Waals surface area contributed by atoms with Crippen molar-refractivity contribution in [1.82, 2.24) is 0 Å². The van der Waals surface area contributed by atoms with E-state index in [1.165, 1.54) is 10.4 Å². The number of sulfonamides is 1. The molecule has 6 heteroatoms. The summed E-state index contributed by atoms with van der Waals surface area (Å²) in [6.45, 7) is 0.507. The highest BCUT2D eigenvalue weighted by atomic mass is 32.2. The van der Waals surface area contributed by atoms with Crippen molar-refractivity contribution in [3.05, 3.63) is 35.9 Å². The zero-order valence-electron chi connectivity index (χ0n) is 10.3. The van der Waals surface area contributed by atoms with Gasteiger partial charge in [0.15, 0.2) is 0 Å². The van der Waals surface area contributed by atoms with Crippen molar-refractivity contribution in [2.24, 2.45) is 0 Å². The minimum absolute atomic E-state index is 0.188. The summed E-state index contributed by atoms with van der Waals surface area (Å²) in [5.74, 6) is -0.823. The van der Waals surface area contributed by atoms with Gasteiger partial charge in [0, 0.05) is 12.6 Å². The first-order valence-electron chi connectivity index (χ1n) is 6.00. The van der Waals surface area contributed by atoms with Crippen molar-refractivity contribution >= 4 is 27.8 Å². The molecule has 5 nitrogen and oxygen atoms in total. The Labute approximate surface area is 112 Å². The van der Waals surface area contributed by atoms with Crippen LogP contribution in [0.3, 0.4) is 0 Å². The van der Waals surface area contributed by atoms with Crippen LogP contribution < -0.4 is 4.31 Å². The summed E-state index contributed by atoms with van der Waals surface area (Å²) < 4.78 is 25.3. The molecule has 0 saturated carbocycles. The fourth-order valence-electron chi connectivity index (χ4n) is 2.00. The number of hydrogen-bond donors (Lipinski definition) is 1. The minimum atomic E-state index is -3.19. The second-order valence-corrected chi connectivity index (χ2v) is 6.37. The SMILES string of the molecule is O=C(O)/C=C/c1ccc(N2CCCCS2(=O)=O)cc1. The Morgan fingerprint density at radius 1 is 1.21 bits per heavy atom. The molecule has 1 N–H and O–H groups in total. The van der Waals surface area contributed by atoms with E-state index in [1.54, 1.807) is 24.3 Å². The smallest absolute Gasteiger partial charge is 0.328 e. The standard InChI is InChI=1S/C13H15NO4S/c15-13(16)8-5-11-3-6-12(7-4-11)14-9-1-2-10-19(14,17)18/h3-8H,1-2,9-10H2,(H,15,16)/b8-5+. The number of rotatable bonds is 3. The average molecular weight is 281 g/mol. The monoisotopic (exact) mass is 281 g/mol. The van der Waals surface area contributed by atoms with Gasteiger partial charge >= 0.3 is 5.97 Å². The maximum absolute atomic E-state index is 11.9. The molecule has 1 aliphatic heterocycles. The third-order valence-corrected chi connectivity index (χ3v) is 4.82. The van der Waals surface area contributed by atoms with E-state index in [0.717, 1.165) is 18.1 Å². The number of nitrogens with zero attached hydrogens (tertiary/aromatic N) is 1. The molecule has 0 unspecified atom stereocenters. The number of carboxylic acids is 1. The second kappa shape index (κ2) is 5.44. The highest BCUT2D eigenvalue weighted by molar-refractivity contribution is 7.92. The highest BCUT2D eigenvalue weighted by Gasteiger charge is 2.25. The quantitative estimate of drug-likeness (QED) is 0.856. The maximum Gasteiger partial charge on any atom is 0.328 e. The lowest BCUT2D eigenvalue weighted by Gasteiger charge is -2.28. The number of carbonyl (C=O) groups is 1. The number of hydrogen-bond acceptors (Lipinski definition) is 3. The normalized spacial score (nSPS) is 18.6. The van der Waals surface area contributed by atoms with Gasteiger partial charge in [0.25, 0.3) is 0 Å². The predicted octanol–water partition coefficient (Wildman–Crippen LogP) is 1.71. The molecule has 0 atom stereocenters. The third kappa shape index (κ3) is 3.35. The Bertz CT molecular complexity index is 590. The van der Waals surface area contributed by atoms with Crippen LogP contribution in [0.4, 0.5) is 5.69 Å². The Morgan fingerprint density at radius 3 is 2.47 bits per heavy atom. The van der Waals surface area contributed by atoms with E-state index in [0.29, 0.717) is 18.7 Å². The molecule has 0 spiro atoms. The topological polar surface area (TPSA) is 74.7 Å². The van der Waals surface area contributed by atoms with Crippen LogP contribution >= 0.6 is 0 Å². The van der Waals surface area contributed by atoms with Gasteiger partial charge in [0.2, 0.25) is 10.0 Å². The van der Waals surface area contributed by atoms with Gasteiger partial charge in [-0.1, -0.05) is 12.1 Å². The van der Waals surface area contributed by atoms with Crippen molar-refractivity contribution in [1.29, 1.82) is 0 Å². The first-order chi connectivity index (χ1) is 8.99. The predicted molar refractivity (Wildman–Crippen MR) is 73.5 cm³/mol. The van der Waals surface area contributed by atoms with Gasteiger partial charge in [0.05, 0.1) is 11.4 Å². The van der Waals surface area contributed by atoms with Crippen LogP contribution in [0.5, 0.6) is 0 Å². The lowest BCUT2D eigenvalue weighted by molar-refractivity contribution is -0.131. The summed E-state index contributed by atoms with van der Waals surface area (Å²) in [6.07, 6.45) is 4.08. The molecule has 1 aromatic rings. The number of carboxylic acid groups (broad SMARTS) is 1. The maximum atomic E-state index is 11.9. The molecular formula is C13H15NO4S. The number of benzene rings is 1. The van der Waals surface area contributed by atoms with E-state index >= 15 is 0 Å². The van der Waals surface area contributed by atoms with E-state index in [4.69, 9.17) is 5.11 Å². The van der Waals surface area contributed by atoms with Gasteiger partial charge in [-0.15, -0.1) is 0 Å². The summed E-state index contributed by atoms with van der Waals surface area (Å²) in [4.78, 5) is 10.4. The van der Waals surface area contributed by atoms with Crippen LogP contribution in [0.1, 0.15) is 18.4 Å². The van der Waals surface area contributed by atoms with Gasteiger partial charge in [-0.3, -0.25) is 4.31 Å². The summed E-state index contributed by atoms with van der Waals surface area (Å²) in [7, 11) is -3.19. The molecule has 0 amide bonds. The Balaban J connectivity index is 2.20. The lowest BCUT2D eigenvalue weighted by atomic mass is 10.2. The summed E-state index contributed by atoms with van der Waals surface area (Å²) in [5, 5.41) is 8.53. The van der Waals surface area contributed by atoms with E-state index in [1.807, 2.05) is 0 Å². The van der Waals surface area contributed by atoms with Gasteiger partial charge in [-0.2, -0.15) is 0 Å². The third-order valence-electron chi connectivity index (χ3n) is 2.95. The van der Waals surface area contributed by atoms with Gasteiger partial charge in [-0.25, -0.2) is 13.2 Å². The van der Waals surface area contributed by atoms with Crippen LogP contribution in [0.25, 0.3) is 6.08 Å². The minimum Gasteiger partial charge on any atom is -0.478 e. The molecule has 102 valence electrons. The Kier molecular flexibility index (Phi) is 3.90. The van der Waals surface area contributed by atoms with Crippen LogP contribution in [-0.4, -0.2) is 31.8 Å². The number of aliphatic carboxylic acids is 1. The van der Waals surface area contributed by atoms with E-state index < -0.39 is 16.0 Å². The first-order valence-corrected chi connectivity index (χ1v) is 7.61. The fraction of sp³-hybridized carbons (Fsp3) is 0.308. The van der Waals surface area contributed by atoms with Crippen LogP contribution in [0, 0.1) is 0 Å². The van der Waals surface area contributed by atoms with E-state index in [9.17, 15) is 13.2 Å².